The fourth-order valence-corrected chi connectivity index (χ4v) is 1.76. The highest BCUT2D eigenvalue weighted by Gasteiger charge is 2.20. The van der Waals surface area contributed by atoms with Gasteiger partial charge in [-0.25, -0.2) is 9.18 Å². The van der Waals surface area contributed by atoms with E-state index >= 15 is 0 Å². The number of nitro benzene ring substituents is 1. The first-order chi connectivity index (χ1) is 9.88. The number of carbonyl (C=O) groups is 1. The number of hydrogen-bond donors (Lipinski definition) is 1. The molecule has 2 aromatic carbocycles. The van der Waals surface area contributed by atoms with Gasteiger partial charge in [0.1, 0.15) is 17.1 Å². The minimum atomic E-state index is -1.29. The second kappa shape index (κ2) is 5.76. The van der Waals surface area contributed by atoms with E-state index in [2.05, 4.69) is 0 Å². The predicted octanol–water partition coefficient (Wildman–Crippen LogP) is 3.88. The Morgan fingerprint density at radius 2 is 1.95 bits per heavy atom. The molecule has 2 aromatic rings. The van der Waals surface area contributed by atoms with Gasteiger partial charge in [0, 0.05) is 11.1 Å². The van der Waals surface area contributed by atoms with Crippen LogP contribution in [-0.2, 0) is 0 Å². The van der Waals surface area contributed by atoms with Gasteiger partial charge in [0.15, 0.2) is 0 Å². The molecule has 0 radical (unpaired) electrons. The molecule has 0 saturated carbocycles. The fourth-order valence-electron chi connectivity index (χ4n) is 1.60. The number of hydrogen-bond acceptors (Lipinski definition) is 4. The Morgan fingerprint density at radius 3 is 2.57 bits per heavy atom. The molecule has 0 fully saturated rings. The van der Waals surface area contributed by atoms with Crippen molar-refractivity contribution in [3.63, 3.8) is 0 Å². The van der Waals surface area contributed by atoms with E-state index in [4.69, 9.17) is 21.4 Å². The highest BCUT2D eigenvalue weighted by Crippen LogP contribution is 2.34. The molecular formula is C13H7ClFNO5. The second-order valence-electron chi connectivity index (χ2n) is 3.92. The Balaban J connectivity index is 2.50. The van der Waals surface area contributed by atoms with Gasteiger partial charge < -0.3 is 9.84 Å². The molecule has 0 spiro atoms. The highest BCUT2D eigenvalue weighted by molar-refractivity contribution is 6.30. The van der Waals surface area contributed by atoms with Crippen molar-refractivity contribution in [3.8, 4) is 11.5 Å². The number of carboxylic acids is 1. The standard InChI is InChI=1S/C13H7ClFNO5/c14-7-1-3-9(13(17)18)12(5-7)21-11-4-2-8(15)6-10(11)16(19)20/h1-6H,(H,17,18). The van der Waals surface area contributed by atoms with Crippen LogP contribution < -0.4 is 4.74 Å². The molecule has 0 unspecified atom stereocenters. The first kappa shape index (κ1) is 14.7. The number of nitro groups is 1. The van der Waals surface area contributed by atoms with Crippen LogP contribution in [0.4, 0.5) is 10.1 Å². The third kappa shape index (κ3) is 3.26. The first-order valence-electron chi connectivity index (χ1n) is 5.53. The topological polar surface area (TPSA) is 89.7 Å². The maximum atomic E-state index is 13.0. The zero-order valence-electron chi connectivity index (χ0n) is 10.2. The predicted molar refractivity (Wildman–Crippen MR) is 71.5 cm³/mol. The second-order valence-corrected chi connectivity index (χ2v) is 4.35. The summed E-state index contributed by atoms with van der Waals surface area (Å²) in [5, 5.41) is 20.1. The van der Waals surface area contributed by atoms with E-state index in [0.29, 0.717) is 6.07 Å². The highest BCUT2D eigenvalue weighted by atomic mass is 35.5. The minimum absolute atomic E-state index is 0.176. The molecule has 0 aliphatic carbocycles. The molecular weight excluding hydrogens is 305 g/mol. The van der Waals surface area contributed by atoms with Crippen LogP contribution in [0.5, 0.6) is 11.5 Å². The largest absolute Gasteiger partial charge is 0.478 e. The number of halogens is 2. The van der Waals surface area contributed by atoms with Gasteiger partial charge in [0.05, 0.1) is 11.0 Å². The van der Waals surface area contributed by atoms with Crippen LogP contribution in [0.3, 0.4) is 0 Å². The lowest BCUT2D eigenvalue weighted by atomic mass is 10.2. The SMILES string of the molecule is O=C(O)c1ccc(Cl)cc1Oc1ccc(F)cc1[N+](=O)[O-]. The Labute approximate surface area is 122 Å². The number of benzene rings is 2. The normalized spacial score (nSPS) is 10.2. The van der Waals surface area contributed by atoms with Gasteiger partial charge in [0.25, 0.3) is 0 Å². The van der Waals surface area contributed by atoms with Crippen LogP contribution in [0.1, 0.15) is 10.4 Å². The average molecular weight is 312 g/mol. The van der Waals surface area contributed by atoms with Crippen LogP contribution in [0, 0.1) is 15.9 Å². The molecule has 0 amide bonds. The molecule has 0 aromatic heterocycles. The number of carboxylic acid groups (broad SMARTS) is 1. The van der Waals surface area contributed by atoms with E-state index in [9.17, 15) is 19.3 Å². The summed E-state index contributed by atoms with van der Waals surface area (Å²) in [6, 6.07) is 6.44. The summed E-state index contributed by atoms with van der Waals surface area (Å²) in [6.45, 7) is 0. The smallest absolute Gasteiger partial charge is 0.339 e. The quantitative estimate of drug-likeness (QED) is 0.683. The van der Waals surface area contributed by atoms with Crippen molar-refractivity contribution >= 4 is 23.3 Å². The summed E-state index contributed by atoms with van der Waals surface area (Å²) < 4.78 is 18.3. The number of ether oxygens (including phenoxy) is 1. The van der Waals surface area contributed by atoms with Crippen molar-refractivity contribution in [2.45, 2.75) is 0 Å². The Morgan fingerprint density at radius 1 is 1.24 bits per heavy atom. The van der Waals surface area contributed by atoms with Crippen molar-refractivity contribution < 1.29 is 24.0 Å². The number of aromatic carboxylic acids is 1. The van der Waals surface area contributed by atoms with Gasteiger partial charge in [-0.2, -0.15) is 0 Å². The van der Waals surface area contributed by atoms with E-state index in [0.717, 1.165) is 12.1 Å². The molecule has 21 heavy (non-hydrogen) atoms. The van der Waals surface area contributed by atoms with Crippen LogP contribution in [0.15, 0.2) is 36.4 Å². The molecule has 2 rings (SSSR count). The number of nitrogens with zero attached hydrogens (tertiary/aromatic N) is 1. The van der Waals surface area contributed by atoms with Gasteiger partial charge in [-0.3, -0.25) is 10.1 Å². The minimum Gasteiger partial charge on any atom is -0.478 e. The average Bonchev–Trinajstić information content (AvgIpc) is 2.40. The summed E-state index contributed by atoms with van der Waals surface area (Å²) in [4.78, 5) is 21.1. The van der Waals surface area contributed by atoms with E-state index < -0.39 is 22.4 Å². The maximum absolute atomic E-state index is 13.0. The van der Waals surface area contributed by atoms with Crippen LogP contribution in [0.2, 0.25) is 5.02 Å². The third-order valence-corrected chi connectivity index (χ3v) is 2.75. The molecule has 8 heteroatoms. The van der Waals surface area contributed by atoms with Crippen molar-refractivity contribution in [2.75, 3.05) is 0 Å². The van der Waals surface area contributed by atoms with Crippen LogP contribution >= 0.6 is 11.6 Å². The fraction of sp³-hybridized carbons (Fsp3) is 0. The zero-order valence-corrected chi connectivity index (χ0v) is 11.0. The van der Waals surface area contributed by atoms with E-state index in [-0.39, 0.29) is 22.1 Å². The van der Waals surface area contributed by atoms with Gasteiger partial charge in [-0.1, -0.05) is 11.6 Å². The van der Waals surface area contributed by atoms with Crippen molar-refractivity contribution in [1.82, 2.24) is 0 Å². The van der Waals surface area contributed by atoms with Gasteiger partial charge in [0.2, 0.25) is 5.75 Å². The van der Waals surface area contributed by atoms with Gasteiger partial charge in [-0.15, -0.1) is 0 Å². The Bertz CT molecular complexity index is 734. The van der Waals surface area contributed by atoms with Crippen molar-refractivity contribution in [1.29, 1.82) is 0 Å². The summed E-state index contributed by atoms with van der Waals surface area (Å²) in [6.07, 6.45) is 0. The van der Waals surface area contributed by atoms with E-state index in [1.54, 1.807) is 0 Å². The zero-order chi connectivity index (χ0) is 15.6. The lowest BCUT2D eigenvalue weighted by Gasteiger charge is -2.09. The summed E-state index contributed by atoms with van der Waals surface area (Å²) >= 11 is 5.75. The third-order valence-electron chi connectivity index (χ3n) is 2.51. The lowest BCUT2D eigenvalue weighted by Crippen LogP contribution is -2.01. The van der Waals surface area contributed by atoms with Gasteiger partial charge in [-0.05, 0) is 24.3 Å². The monoisotopic (exact) mass is 311 g/mol. The Kier molecular flexibility index (Phi) is 4.04. The first-order valence-corrected chi connectivity index (χ1v) is 5.91. The van der Waals surface area contributed by atoms with Gasteiger partial charge >= 0.3 is 11.7 Å². The lowest BCUT2D eigenvalue weighted by molar-refractivity contribution is -0.385. The molecule has 0 aliphatic heterocycles. The van der Waals surface area contributed by atoms with E-state index in [1.807, 2.05) is 0 Å². The maximum Gasteiger partial charge on any atom is 0.339 e. The molecule has 0 saturated heterocycles. The molecule has 6 nitrogen and oxygen atoms in total. The molecule has 0 atom stereocenters. The summed E-state index contributed by atoms with van der Waals surface area (Å²) in [5.74, 6) is -2.55. The molecule has 0 aliphatic rings. The molecule has 0 bridgehead atoms. The molecule has 1 N–H and O–H groups in total. The van der Waals surface area contributed by atoms with Crippen molar-refractivity contribution in [3.05, 3.63) is 62.9 Å². The Hall–Kier alpha value is -2.67. The van der Waals surface area contributed by atoms with E-state index in [1.165, 1.54) is 18.2 Å². The van der Waals surface area contributed by atoms with Crippen LogP contribution in [0.25, 0.3) is 0 Å². The molecule has 0 heterocycles. The van der Waals surface area contributed by atoms with Crippen molar-refractivity contribution in [2.24, 2.45) is 0 Å². The number of rotatable bonds is 4. The summed E-state index contributed by atoms with van der Waals surface area (Å²) in [5.41, 5.74) is -0.843. The van der Waals surface area contributed by atoms with Crippen LogP contribution in [-0.4, -0.2) is 16.0 Å². The summed E-state index contributed by atoms with van der Waals surface area (Å²) in [7, 11) is 0. The molecule has 108 valence electrons.